The highest BCUT2D eigenvalue weighted by Crippen LogP contribution is 2.40. The van der Waals surface area contributed by atoms with Crippen LogP contribution in [0.4, 0.5) is 14.6 Å². The Morgan fingerprint density at radius 2 is 2.00 bits per heavy atom. The monoisotopic (exact) mass is 245 g/mol. The Hall–Kier alpha value is -1.53. The summed E-state index contributed by atoms with van der Waals surface area (Å²) in [5, 5.41) is 16.3. The number of nitrogens with one attached hydrogen (secondary N) is 1. The fraction of sp³-hybridized carbons (Fsp3) is 0.700. The predicted octanol–water partition coefficient (Wildman–Crippen LogP) is 3.30. The van der Waals surface area contributed by atoms with Crippen molar-refractivity contribution in [2.24, 2.45) is 0 Å². The zero-order chi connectivity index (χ0) is 12.4. The molecule has 0 saturated heterocycles. The van der Waals surface area contributed by atoms with Gasteiger partial charge in [0.15, 0.2) is 5.69 Å². The first-order valence-electron chi connectivity index (χ1n) is 5.62. The summed E-state index contributed by atoms with van der Waals surface area (Å²) in [5.74, 6) is -0.529. The van der Waals surface area contributed by atoms with Crippen molar-refractivity contribution in [1.29, 1.82) is 0 Å². The number of halogens is 2. The minimum absolute atomic E-state index is 0.115. The number of H-pyrrole nitrogens is 1. The molecule has 17 heavy (non-hydrogen) atoms. The molecule has 7 heteroatoms. The molecule has 0 unspecified atom stereocenters. The van der Waals surface area contributed by atoms with Gasteiger partial charge in [0.1, 0.15) is 0 Å². The fourth-order valence-corrected chi connectivity index (χ4v) is 2.45. The lowest BCUT2D eigenvalue weighted by molar-refractivity contribution is -0.390. The summed E-state index contributed by atoms with van der Waals surface area (Å²) in [6.07, 6.45) is 1.59. The molecule has 0 radical (unpaired) electrons. The zero-order valence-corrected chi connectivity index (χ0v) is 9.16. The molecule has 1 heterocycles. The van der Waals surface area contributed by atoms with Crippen LogP contribution in [0.1, 0.15) is 55.7 Å². The number of alkyl halides is 2. The van der Waals surface area contributed by atoms with E-state index in [9.17, 15) is 18.9 Å². The van der Waals surface area contributed by atoms with Crippen LogP contribution in [0.3, 0.4) is 0 Å². The second-order valence-corrected chi connectivity index (χ2v) is 4.26. The van der Waals surface area contributed by atoms with E-state index in [0.29, 0.717) is 0 Å². The lowest BCUT2D eigenvalue weighted by Gasteiger charge is -2.20. The van der Waals surface area contributed by atoms with Gasteiger partial charge in [0.05, 0.1) is 5.56 Å². The maximum Gasteiger partial charge on any atom is 0.346 e. The Morgan fingerprint density at radius 3 is 2.53 bits per heavy atom. The zero-order valence-electron chi connectivity index (χ0n) is 9.16. The van der Waals surface area contributed by atoms with Crippen LogP contribution < -0.4 is 0 Å². The van der Waals surface area contributed by atoms with Gasteiger partial charge >= 0.3 is 5.82 Å². The van der Waals surface area contributed by atoms with Crippen molar-refractivity contribution in [3.63, 3.8) is 0 Å². The highest BCUT2D eigenvalue weighted by atomic mass is 19.3. The van der Waals surface area contributed by atoms with E-state index >= 15 is 0 Å². The summed E-state index contributed by atoms with van der Waals surface area (Å²) in [6, 6.07) is 0. The topological polar surface area (TPSA) is 71.8 Å². The number of nitrogens with zero attached hydrogens (tertiary/aromatic N) is 2. The average Bonchev–Trinajstić information content (AvgIpc) is 2.74. The Kier molecular flexibility index (Phi) is 3.35. The van der Waals surface area contributed by atoms with E-state index in [1.807, 2.05) is 0 Å². The van der Waals surface area contributed by atoms with E-state index < -0.39 is 17.0 Å². The molecule has 0 atom stereocenters. The molecule has 0 bridgehead atoms. The molecule has 1 N–H and O–H groups in total. The highest BCUT2D eigenvalue weighted by Gasteiger charge is 2.33. The van der Waals surface area contributed by atoms with Gasteiger partial charge in [0, 0.05) is 0 Å². The van der Waals surface area contributed by atoms with Crippen LogP contribution in [0.2, 0.25) is 0 Å². The van der Waals surface area contributed by atoms with Gasteiger partial charge in [-0.05, 0) is 23.7 Å². The average molecular weight is 245 g/mol. The summed E-state index contributed by atoms with van der Waals surface area (Å²) in [7, 11) is 0. The van der Waals surface area contributed by atoms with Crippen LogP contribution in [0.25, 0.3) is 0 Å². The number of aromatic amines is 1. The van der Waals surface area contributed by atoms with Crippen LogP contribution in [-0.4, -0.2) is 15.1 Å². The largest absolute Gasteiger partial charge is 0.358 e. The van der Waals surface area contributed by atoms with Crippen molar-refractivity contribution in [2.45, 2.75) is 44.4 Å². The van der Waals surface area contributed by atoms with E-state index in [1.54, 1.807) is 0 Å². The predicted molar refractivity (Wildman–Crippen MR) is 56.0 cm³/mol. The van der Waals surface area contributed by atoms with Crippen molar-refractivity contribution >= 4 is 5.82 Å². The Labute approximate surface area is 96.4 Å². The van der Waals surface area contributed by atoms with Crippen molar-refractivity contribution < 1.29 is 13.7 Å². The summed E-state index contributed by atoms with van der Waals surface area (Å²) in [5.41, 5.74) is -0.340. The van der Waals surface area contributed by atoms with Gasteiger partial charge in [0.25, 0.3) is 6.43 Å². The fourth-order valence-electron chi connectivity index (χ4n) is 2.45. The van der Waals surface area contributed by atoms with Gasteiger partial charge < -0.3 is 10.1 Å². The molecule has 0 aliphatic heterocycles. The summed E-state index contributed by atoms with van der Waals surface area (Å²) < 4.78 is 25.5. The van der Waals surface area contributed by atoms with Crippen LogP contribution in [0, 0.1) is 10.1 Å². The van der Waals surface area contributed by atoms with Crippen molar-refractivity contribution in [2.75, 3.05) is 0 Å². The first kappa shape index (κ1) is 11.9. The minimum atomic E-state index is -2.77. The van der Waals surface area contributed by atoms with Gasteiger partial charge in [-0.2, -0.15) is 0 Å². The second kappa shape index (κ2) is 4.77. The second-order valence-electron chi connectivity index (χ2n) is 4.26. The van der Waals surface area contributed by atoms with E-state index in [1.165, 1.54) is 0 Å². The van der Waals surface area contributed by atoms with Crippen LogP contribution in [0.15, 0.2) is 0 Å². The molecule has 2 rings (SSSR count). The third kappa shape index (κ3) is 2.27. The first-order chi connectivity index (χ1) is 8.11. The molecule has 1 saturated carbocycles. The number of hydrogen-bond acceptors (Lipinski definition) is 3. The molecule has 1 aromatic rings. The van der Waals surface area contributed by atoms with Gasteiger partial charge in [0.2, 0.25) is 0 Å². The number of aromatic nitrogens is 2. The number of nitro groups is 1. The number of hydrogen-bond donors (Lipinski definition) is 1. The molecule has 1 aliphatic carbocycles. The normalized spacial score (nSPS) is 17.6. The minimum Gasteiger partial charge on any atom is -0.358 e. The third-order valence-electron chi connectivity index (χ3n) is 3.22. The van der Waals surface area contributed by atoms with Gasteiger partial charge in [-0.25, -0.2) is 8.78 Å². The maximum absolute atomic E-state index is 12.8. The van der Waals surface area contributed by atoms with E-state index in [4.69, 9.17) is 0 Å². The molecule has 0 aromatic carbocycles. The van der Waals surface area contributed by atoms with Crippen molar-refractivity contribution in [3.05, 3.63) is 21.4 Å². The number of rotatable bonds is 3. The standard InChI is InChI=1S/C10H13F2N3O2/c11-9(12)8-7(6-4-2-1-3-5-6)10(14-13-8)15(16)17/h6,9H,1-5H2,(H,13,14). The van der Waals surface area contributed by atoms with Crippen LogP contribution >= 0.6 is 0 Å². The maximum atomic E-state index is 12.8. The van der Waals surface area contributed by atoms with E-state index in [-0.39, 0.29) is 17.3 Å². The molecule has 0 spiro atoms. The summed E-state index contributed by atoms with van der Waals surface area (Å²) in [4.78, 5) is 10.1. The van der Waals surface area contributed by atoms with Gasteiger partial charge in [-0.3, -0.25) is 0 Å². The van der Waals surface area contributed by atoms with E-state index in [2.05, 4.69) is 10.2 Å². The Balaban J connectivity index is 2.39. The Morgan fingerprint density at radius 1 is 1.35 bits per heavy atom. The molecule has 1 aliphatic rings. The summed E-state index contributed by atoms with van der Waals surface area (Å²) >= 11 is 0. The van der Waals surface area contributed by atoms with Gasteiger partial charge in [-0.15, -0.1) is 5.10 Å². The molecule has 0 amide bonds. The van der Waals surface area contributed by atoms with Crippen molar-refractivity contribution in [1.82, 2.24) is 10.2 Å². The molecule has 1 fully saturated rings. The summed E-state index contributed by atoms with van der Waals surface area (Å²) in [6.45, 7) is 0. The van der Waals surface area contributed by atoms with Crippen molar-refractivity contribution in [3.8, 4) is 0 Å². The van der Waals surface area contributed by atoms with Gasteiger partial charge in [-0.1, -0.05) is 24.4 Å². The first-order valence-corrected chi connectivity index (χ1v) is 5.62. The lowest BCUT2D eigenvalue weighted by atomic mass is 9.84. The Bertz CT molecular complexity index is 414. The van der Waals surface area contributed by atoms with Crippen LogP contribution in [-0.2, 0) is 0 Å². The highest BCUT2D eigenvalue weighted by molar-refractivity contribution is 5.40. The molecule has 5 nitrogen and oxygen atoms in total. The van der Waals surface area contributed by atoms with Crippen LogP contribution in [0.5, 0.6) is 0 Å². The van der Waals surface area contributed by atoms with E-state index in [0.717, 1.165) is 32.1 Å². The SMILES string of the molecule is O=[N+]([O-])c1[nH]nc(C(F)F)c1C1CCCCC1. The quantitative estimate of drug-likeness (QED) is 0.655. The lowest BCUT2D eigenvalue weighted by Crippen LogP contribution is -2.08. The molecular formula is C10H13F2N3O2. The molecule has 94 valence electrons. The third-order valence-corrected chi connectivity index (χ3v) is 3.22. The smallest absolute Gasteiger partial charge is 0.346 e. The molecule has 1 aromatic heterocycles. The molecular weight excluding hydrogens is 232 g/mol.